The molecule has 2 aromatic carbocycles. The van der Waals surface area contributed by atoms with Crippen LogP contribution in [0.3, 0.4) is 0 Å². The minimum atomic E-state index is -0.217. The quantitative estimate of drug-likeness (QED) is 0.740. The topological polar surface area (TPSA) is 9.23 Å². The Hall–Kier alpha value is -1.00. The van der Waals surface area contributed by atoms with E-state index in [4.69, 9.17) is 4.74 Å². The molecule has 0 radical (unpaired) electrons. The molecule has 0 bridgehead atoms. The second kappa shape index (κ2) is 6.25. The molecule has 1 nitrogen and oxygen atoms in total. The normalized spacial score (nSPS) is 10.4. The number of hydrogen-bond donors (Lipinski definition) is 0. The summed E-state index contributed by atoms with van der Waals surface area (Å²) in [6, 6.07) is 12.8. The molecule has 0 atom stereocenters. The first-order valence-corrected chi connectivity index (χ1v) is 7.17. The van der Waals surface area contributed by atoms with Crippen LogP contribution < -0.4 is 4.74 Å². The van der Waals surface area contributed by atoms with Crippen molar-refractivity contribution < 1.29 is 9.13 Å². The lowest BCUT2D eigenvalue weighted by atomic mass is 10.2. The molecule has 94 valence electrons. The van der Waals surface area contributed by atoms with E-state index in [1.807, 2.05) is 30.3 Å². The zero-order chi connectivity index (χ0) is 13.0. The van der Waals surface area contributed by atoms with E-state index in [-0.39, 0.29) is 5.82 Å². The lowest BCUT2D eigenvalue weighted by Gasteiger charge is -2.05. The van der Waals surface area contributed by atoms with Gasteiger partial charge < -0.3 is 4.74 Å². The molecule has 0 fully saturated rings. The Morgan fingerprint density at radius 2 is 2.06 bits per heavy atom. The highest BCUT2D eigenvalue weighted by Crippen LogP contribution is 2.27. The molecule has 18 heavy (non-hydrogen) atoms. The van der Waals surface area contributed by atoms with Crippen molar-refractivity contribution in [3.05, 3.63) is 58.3 Å². The van der Waals surface area contributed by atoms with Crippen molar-refractivity contribution in [2.75, 3.05) is 7.11 Å². The van der Waals surface area contributed by atoms with Crippen molar-refractivity contribution in [3.63, 3.8) is 0 Å². The summed E-state index contributed by atoms with van der Waals surface area (Å²) in [7, 11) is 1.65. The monoisotopic (exact) mass is 326 g/mol. The van der Waals surface area contributed by atoms with Gasteiger partial charge in [0.1, 0.15) is 11.6 Å². The van der Waals surface area contributed by atoms with Gasteiger partial charge in [0.2, 0.25) is 0 Å². The third kappa shape index (κ3) is 3.75. The number of rotatable bonds is 4. The molecule has 2 aromatic rings. The van der Waals surface area contributed by atoms with Crippen LogP contribution in [0.25, 0.3) is 0 Å². The third-order valence-electron chi connectivity index (χ3n) is 2.37. The molecule has 0 saturated heterocycles. The second-order valence-electron chi connectivity index (χ2n) is 3.75. The highest BCUT2D eigenvalue weighted by Gasteiger charge is 2.01. The molecule has 2 rings (SSSR count). The maximum Gasteiger partial charge on any atom is 0.124 e. The van der Waals surface area contributed by atoms with Crippen LogP contribution in [-0.2, 0) is 5.75 Å². The summed E-state index contributed by atoms with van der Waals surface area (Å²) in [5.41, 5.74) is 0.953. The first-order valence-electron chi connectivity index (χ1n) is 5.39. The summed E-state index contributed by atoms with van der Waals surface area (Å²) in [6.45, 7) is 0. The fourth-order valence-electron chi connectivity index (χ4n) is 1.55. The van der Waals surface area contributed by atoms with Gasteiger partial charge in [-0.05, 0) is 42.0 Å². The molecule has 0 aliphatic carbocycles. The summed E-state index contributed by atoms with van der Waals surface area (Å²) in [6.07, 6.45) is 0. The lowest BCUT2D eigenvalue weighted by Crippen LogP contribution is -1.85. The average molecular weight is 327 g/mol. The summed E-state index contributed by atoms with van der Waals surface area (Å²) in [5, 5.41) is 0. The van der Waals surface area contributed by atoms with Crippen molar-refractivity contribution in [1.82, 2.24) is 0 Å². The molecule has 0 aliphatic rings. The van der Waals surface area contributed by atoms with Gasteiger partial charge in [0.05, 0.1) is 7.11 Å². The SMILES string of the molecule is COc1cccc(SCc2cc(F)cc(Br)c2)c1. The standard InChI is InChI=1S/C14H12BrFOS/c1-17-13-3-2-4-14(8-13)18-9-10-5-11(15)7-12(16)6-10/h2-8H,9H2,1H3. The van der Waals surface area contributed by atoms with Crippen LogP contribution in [0, 0.1) is 5.82 Å². The Morgan fingerprint density at radius 3 is 2.78 bits per heavy atom. The number of benzene rings is 2. The summed E-state index contributed by atoms with van der Waals surface area (Å²) in [5.74, 6) is 1.34. The number of ether oxygens (including phenoxy) is 1. The van der Waals surface area contributed by atoms with Crippen LogP contribution in [0.5, 0.6) is 5.75 Å². The summed E-state index contributed by atoms with van der Waals surface area (Å²) < 4.78 is 19.1. The largest absolute Gasteiger partial charge is 0.497 e. The van der Waals surface area contributed by atoms with E-state index in [0.717, 1.165) is 26.4 Å². The van der Waals surface area contributed by atoms with Gasteiger partial charge in [0.15, 0.2) is 0 Å². The minimum Gasteiger partial charge on any atom is -0.497 e. The maximum atomic E-state index is 13.2. The Balaban J connectivity index is 2.06. The van der Waals surface area contributed by atoms with Gasteiger partial charge in [-0.25, -0.2) is 4.39 Å². The van der Waals surface area contributed by atoms with Gasteiger partial charge in [0.25, 0.3) is 0 Å². The molecule has 4 heteroatoms. The van der Waals surface area contributed by atoms with Gasteiger partial charge >= 0.3 is 0 Å². The van der Waals surface area contributed by atoms with E-state index in [2.05, 4.69) is 15.9 Å². The average Bonchev–Trinajstić information content (AvgIpc) is 2.35. The van der Waals surface area contributed by atoms with Gasteiger partial charge in [-0.15, -0.1) is 11.8 Å². The minimum absolute atomic E-state index is 0.217. The molecule has 0 aromatic heterocycles. The number of thioether (sulfide) groups is 1. The van der Waals surface area contributed by atoms with Crippen molar-refractivity contribution in [2.45, 2.75) is 10.6 Å². The van der Waals surface area contributed by atoms with E-state index in [9.17, 15) is 4.39 Å². The predicted octanol–water partition coefficient (Wildman–Crippen LogP) is 4.89. The van der Waals surface area contributed by atoms with Crippen LogP contribution in [0.1, 0.15) is 5.56 Å². The molecular weight excluding hydrogens is 315 g/mol. The molecular formula is C14H12BrFOS. The van der Waals surface area contributed by atoms with Gasteiger partial charge in [0, 0.05) is 15.1 Å². The molecule has 0 heterocycles. The highest BCUT2D eigenvalue weighted by molar-refractivity contribution is 9.10. The van der Waals surface area contributed by atoms with Gasteiger partial charge in [-0.3, -0.25) is 0 Å². The van der Waals surface area contributed by atoms with Crippen LogP contribution in [0.4, 0.5) is 4.39 Å². The number of halogens is 2. The Morgan fingerprint density at radius 1 is 1.22 bits per heavy atom. The second-order valence-corrected chi connectivity index (χ2v) is 5.71. The van der Waals surface area contributed by atoms with E-state index >= 15 is 0 Å². The molecule has 0 spiro atoms. The maximum absolute atomic E-state index is 13.2. The fourth-order valence-corrected chi connectivity index (χ4v) is 2.94. The molecule has 0 amide bonds. The Kier molecular flexibility index (Phi) is 4.66. The summed E-state index contributed by atoms with van der Waals surface area (Å²) in [4.78, 5) is 1.11. The van der Waals surface area contributed by atoms with Gasteiger partial charge in [-0.1, -0.05) is 22.0 Å². The number of hydrogen-bond acceptors (Lipinski definition) is 2. The lowest BCUT2D eigenvalue weighted by molar-refractivity contribution is 0.413. The first kappa shape index (κ1) is 13.4. The van der Waals surface area contributed by atoms with Crippen molar-refractivity contribution in [2.24, 2.45) is 0 Å². The fraction of sp³-hybridized carbons (Fsp3) is 0.143. The van der Waals surface area contributed by atoms with Crippen molar-refractivity contribution in [3.8, 4) is 5.75 Å². The molecule has 0 saturated carbocycles. The highest BCUT2D eigenvalue weighted by atomic mass is 79.9. The van der Waals surface area contributed by atoms with E-state index in [1.54, 1.807) is 24.9 Å². The third-order valence-corrected chi connectivity index (χ3v) is 3.89. The van der Waals surface area contributed by atoms with E-state index in [0.29, 0.717) is 0 Å². The van der Waals surface area contributed by atoms with Crippen molar-refractivity contribution >= 4 is 27.7 Å². The van der Waals surface area contributed by atoms with E-state index < -0.39 is 0 Å². The van der Waals surface area contributed by atoms with Crippen LogP contribution in [-0.4, -0.2) is 7.11 Å². The predicted molar refractivity (Wildman–Crippen MR) is 76.7 cm³/mol. The molecule has 0 aliphatic heterocycles. The van der Waals surface area contributed by atoms with Gasteiger partial charge in [-0.2, -0.15) is 0 Å². The smallest absolute Gasteiger partial charge is 0.124 e. The molecule has 0 unspecified atom stereocenters. The van der Waals surface area contributed by atoms with Crippen LogP contribution in [0.2, 0.25) is 0 Å². The zero-order valence-electron chi connectivity index (χ0n) is 9.82. The first-order chi connectivity index (χ1) is 8.67. The van der Waals surface area contributed by atoms with Crippen LogP contribution >= 0.6 is 27.7 Å². The zero-order valence-corrected chi connectivity index (χ0v) is 12.2. The Labute approximate surface area is 118 Å². The van der Waals surface area contributed by atoms with E-state index in [1.165, 1.54) is 6.07 Å². The molecule has 0 N–H and O–H groups in total. The van der Waals surface area contributed by atoms with Crippen molar-refractivity contribution in [1.29, 1.82) is 0 Å². The Bertz CT molecular complexity index is 525. The number of methoxy groups -OCH3 is 1. The van der Waals surface area contributed by atoms with Crippen LogP contribution in [0.15, 0.2) is 51.8 Å². The summed E-state index contributed by atoms with van der Waals surface area (Å²) >= 11 is 4.95.